The molecule has 2 N–H and O–H groups in total. The molecule has 146 valence electrons. The van der Waals surface area contributed by atoms with Gasteiger partial charge in [0, 0.05) is 25.2 Å². The molecule has 1 aliphatic rings. The SMILES string of the molecule is CCNC(=NCc1coc(-c2ccccc2)n1)NCC(=O)N1CCCC1.I. The van der Waals surface area contributed by atoms with E-state index >= 15 is 0 Å². The zero-order valence-electron chi connectivity index (χ0n) is 15.5. The number of nitrogens with one attached hydrogen (secondary N) is 2. The van der Waals surface area contributed by atoms with E-state index in [0.717, 1.165) is 43.7 Å². The van der Waals surface area contributed by atoms with Gasteiger partial charge in [-0.15, -0.1) is 24.0 Å². The number of aliphatic imine (C=N–C) groups is 1. The van der Waals surface area contributed by atoms with Crippen LogP contribution in [-0.4, -0.2) is 47.9 Å². The molecule has 7 nitrogen and oxygen atoms in total. The highest BCUT2D eigenvalue weighted by Crippen LogP contribution is 2.18. The van der Waals surface area contributed by atoms with Gasteiger partial charge in [-0.05, 0) is 31.9 Å². The molecule has 3 rings (SSSR count). The fourth-order valence-corrected chi connectivity index (χ4v) is 2.83. The Balaban J connectivity index is 0.00000261. The third kappa shape index (κ3) is 6.23. The lowest BCUT2D eigenvalue weighted by atomic mass is 10.2. The third-order valence-corrected chi connectivity index (χ3v) is 4.18. The van der Waals surface area contributed by atoms with Crippen molar-refractivity contribution in [2.45, 2.75) is 26.3 Å². The van der Waals surface area contributed by atoms with E-state index in [1.54, 1.807) is 6.26 Å². The largest absolute Gasteiger partial charge is 0.444 e. The Hall–Kier alpha value is -2.10. The minimum atomic E-state index is 0. The van der Waals surface area contributed by atoms with Gasteiger partial charge in [-0.25, -0.2) is 9.98 Å². The molecule has 1 fully saturated rings. The van der Waals surface area contributed by atoms with Gasteiger partial charge in [0.25, 0.3) is 0 Å². The lowest BCUT2D eigenvalue weighted by Crippen LogP contribution is -2.44. The van der Waals surface area contributed by atoms with Crippen molar-refractivity contribution in [3.05, 3.63) is 42.3 Å². The van der Waals surface area contributed by atoms with Crippen LogP contribution < -0.4 is 10.6 Å². The molecule has 0 radical (unpaired) electrons. The van der Waals surface area contributed by atoms with Crippen LogP contribution in [0, 0.1) is 0 Å². The number of likely N-dealkylation sites (tertiary alicyclic amines) is 1. The van der Waals surface area contributed by atoms with E-state index in [4.69, 9.17) is 4.42 Å². The highest BCUT2D eigenvalue weighted by Gasteiger charge is 2.17. The van der Waals surface area contributed by atoms with Crippen molar-refractivity contribution in [2.75, 3.05) is 26.2 Å². The number of carbonyl (C=O) groups is 1. The lowest BCUT2D eigenvalue weighted by molar-refractivity contribution is -0.128. The number of benzene rings is 1. The van der Waals surface area contributed by atoms with Crippen molar-refractivity contribution in [1.82, 2.24) is 20.5 Å². The summed E-state index contributed by atoms with van der Waals surface area (Å²) in [5, 5.41) is 6.24. The van der Waals surface area contributed by atoms with E-state index in [1.807, 2.05) is 42.2 Å². The molecular weight excluding hydrogens is 457 g/mol. The molecule has 2 heterocycles. The van der Waals surface area contributed by atoms with Crippen LogP contribution in [0.3, 0.4) is 0 Å². The molecule has 1 amide bonds. The maximum Gasteiger partial charge on any atom is 0.241 e. The first-order valence-electron chi connectivity index (χ1n) is 9.06. The first-order chi connectivity index (χ1) is 12.8. The Kier molecular flexibility index (Phi) is 8.56. The van der Waals surface area contributed by atoms with Crippen LogP contribution >= 0.6 is 24.0 Å². The molecule has 27 heavy (non-hydrogen) atoms. The Morgan fingerprint density at radius 2 is 1.96 bits per heavy atom. The summed E-state index contributed by atoms with van der Waals surface area (Å²) in [6, 6.07) is 9.75. The molecule has 0 spiro atoms. The average molecular weight is 483 g/mol. The topological polar surface area (TPSA) is 82.8 Å². The van der Waals surface area contributed by atoms with Gasteiger partial charge < -0.3 is 20.0 Å². The summed E-state index contributed by atoms with van der Waals surface area (Å²) in [7, 11) is 0. The minimum Gasteiger partial charge on any atom is -0.444 e. The van der Waals surface area contributed by atoms with Crippen molar-refractivity contribution in [3.8, 4) is 11.5 Å². The number of rotatable bonds is 6. The van der Waals surface area contributed by atoms with Crippen LogP contribution in [0.25, 0.3) is 11.5 Å². The maximum atomic E-state index is 12.1. The van der Waals surface area contributed by atoms with Crippen LogP contribution in [0.4, 0.5) is 0 Å². The van der Waals surface area contributed by atoms with Crippen LogP contribution in [0.15, 0.2) is 46.0 Å². The smallest absolute Gasteiger partial charge is 0.241 e. The van der Waals surface area contributed by atoms with Gasteiger partial charge in [0.1, 0.15) is 12.0 Å². The normalized spacial score (nSPS) is 14.0. The quantitative estimate of drug-likeness (QED) is 0.375. The lowest BCUT2D eigenvalue weighted by Gasteiger charge is -2.17. The van der Waals surface area contributed by atoms with Crippen LogP contribution in [0.2, 0.25) is 0 Å². The number of guanidine groups is 1. The zero-order chi connectivity index (χ0) is 18.2. The fourth-order valence-electron chi connectivity index (χ4n) is 2.83. The van der Waals surface area contributed by atoms with E-state index < -0.39 is 0 Å². The molecule has 1 saturated heterocycles. The Morgan fingerprint density at radius 1 is 1.22 bits per heavy atom. The Labute approximate surface area is 176 Å². The number of hydrogen-bond donors (Lipinski definition) is 2. The molecule has 1 aliphatic heterocycles. The Morgan fingerprint density at radius 3 is 2.67 bits per heavy atom. The molecule has 2 aromatic rings. The molecule has 1 aromatic carbocycles. The molecule has 8 heteroatoms. The van der Waals surface area contributed by atoms with Crippen LogP contribution in [0.5, 0.6) is 0 Å². The van der Waals surface area contributed by atoms with E-state index in [2.05, 4.69) is 20.6 Å². The van der Waals surface area contributed by atoms with Gasteiger partial charge in [-0.3, -0.25) is 4.79 Å². The van der Waals surface area contributed by atoms with E-state index in [0.29, 0.717) is 18.4 Å². The summed E-state index contributed by atoms with van der Waals surface area (Å²) in [6.07, 6.45) is 3.80. The Bertz CT molecular complexity index is 742. The van der Waals surface area contributed by atoms with Gasteiger partial charge >= 0.3 is 0 Å². The second-order valence-corrected chi connectivity index (χ2v) is 6.15. The number of carbonyl (C=O) groups excluding carboxylic acids is 1. The average Bonchev–Trinajstić information content (AvgIpc) is 3.36. The van der Waals surface area contributed by atoms with E-state index in [-0.39, 0.29) is 36.4 Å². The van der Waals surface area contributed by atoms with Gasteiger partial charge in [-0.1, -0.05) is 18.2 Å². The minimum absolute atomic E-state index is 0. The van der Waals surface area contributed by atoms with E-state index in [9.17, 15) is 4.79 Å². The molecule has 1 aromatic heterocycles. The summed E-state index contributed by atoms with van der Waals surface area (Å²) >= 11 is 0. The fraction of sp³-hybridized carbons (Fsp3) is 0.421. The van der Waals surface area contributed by atoms with Gasteiger partial charge in [0.2, 0.25) is 11.8 Å². The van der Waals surface area contributed by atoms with Crippen molar-refractivity contribution in [3.63, 3.8) is 0 Å². The van der Waals surface area contributed by atoms with Crippen molar-refractivity contribution in [1.29, 1.82) is 0 Å². The van der Waals surface area contributed by atoms with Crippen LogP contribution in [0.1, 0.15) is 25.5 Å². The van der Waals surface area contributed by atoms with Crippen molar-refractivity contribution in [2.24, 2.45) is 4.99 Å². The molecule has 0 unspecified atom stereocenters. The summed E-state index contributed by atoms with van der Waals surface area (Å²) in [4.78, 5) is 23.0. The predicted molar refractivity (Wildman–Crippen MR) is 116 cm³/mol. The first-order valence-corrected chi connectivity index (χ1v) is 9.06. The molecular formula is C19H26IN5O2. The predicted octanol–water partition coefficient (Wildman–Crippen LogP) is 2.64. The molecule has 0 bridgehead atoms. The molecule has 0 aliphatic carbocycles. The summed E-state index contributed by atoms with van der Waals surface area (Å²) < 4.78 is 5.53. The van der Waals surface area contributed by atoms with Gasteiger partial charge in [0.15, 0.2) is 5.96 Å². The molecule has 0 saturated carbocycles. The number of oxazole rings is 1. The van der Waals surface area contributed by atoms with Crippen molar-refractivity contribution < 1.29 is 9.21 Å². The second-order valence-electron chi connectivity index (χ2n) is 6.15. The van der Waals surface area contributed by atoms with E-state index in [1.165, 1.54) is 0 Å². The number of amides is 1. The first kappa shape index (κ1) is 21.2. The van der Waals surface area contributed by atoms with Gasteiger partial charge in [0.05, 0.1) is 13.1 Å². The maximum absolute atomic E-state index is 12.1. The molecule has 0 atom stereocenters. The highest BCUT2D eigenvalue weighted by atomic mass is 127. The zero-order valence-corrected chi connectivity index (χ0v) is 17.8. The highest BCUT2D eigenvalue weighted by molar-refractivity contribution is 14.0. The number of hydrogen-bond acceptors (Lipinski definition) is 4. The number of nitrogens with zero attached hydrogens (tertiary/aromatic N) is 3. The second kappa shape index (κ2) is 10.9. The third-order valence-electron chi connectivity index (χ3n) is 4.18. The summed E-state index contributed by atoms with van der Waals surface area (Å²) in [6.45, 7) is 5.05. The van der Waals surface area contributed by atoms with Crippen LogP contribution in [-0.2, 0) is 11.3 Å². The van der Waals surface area contributed by atoms with Crippen molar-refractivity contribution >= 4 is 35.8 Å². The standard InChI is InChI=1S/C19H25N5O2.HI/c1-2-20-19(22-13-17(25)24-10-6-7-11-24)21-12-16-14-26-18(23-16)15-8-4-3-5-9-15;/h3-5,8-9,14H,2,6-7,10-13H2,1H3,(H2,20,21,22);1H. The monoisotopic (exact) mass is 483 g/mol. The number of halogens is 1. The number of aromatic nitrogens is 1. The van der Waals surface area contributed by atoms with Gasteiger partial charge in [-0.2, -0.15) is 0 Å². The summed E-state index contributed by atoms with van der Waals surface area (Å²) in [5.41, 5.74) is 1.68. The summed E-state index contributed by atoms with van der Waals surface area (Å²) in [5.74, 6) is 1.29.